The van der Waals surface area contributed by atoms with Gasteiger partial charge in [0, 0.05) is 17.7 Å². The molecule has 0 fully saturated rings. The zero-order chi connectivity index (χ0) is 24.8. The van der Waals surface area contributed by atoms with Gasteiger partial charge in [-0.1, -0.05) is 0 Å². The number of nitrogens with one attached hydrogen (secondary N) is 1. The Morgan fingerprint density at radius 1 is 1.14 bits per heavy atom. The molecule has 11 heteroatoms. The van der Waals surface area contributed by atoms with Gasteiger partial charge >= 0.3 is 0 Å². The zero-order valence-corrected chi connectivity index (χ0v) is 20.1. The van der Waals surface area contributed by atoms with Gasteiger partial charge in [0.2, 0.25) is 6.79 Å². The largest absolute Gasteiger partial charge is 0.490 e. The molecule has 3 aromatic carbocycles. The number of non-ortho nitro benzene ring substituents is 1. The zero-order valence-electron chi connectivity index (χ0n) is 18.5. The van der Waals surface area contributed by atoms with Crippen molar-refractivity contribution in [2.24, 2.45) is 5.10 Å². The second-order valence-electron chi connectivity index (χ2n) is 7.24. The van der Waals surface area contributed by atoms with Crippen molar-refractivity contribution in [2.45, 2.75) is 13.5 Å². The van der Waals surface area contributed by atoms with E-state index in [2.05, 4.69) is 26.5 Å². The Morgan fingerprint density at radius 2 is 1.91 bits per heavy atom. The van der Waals surface area contributed by atoms with E-state index in [9.17, 15) is 14.9 Å². The predicted molar refractivity (Wildman–Crippen MR) is 130 cm³/mol. The molecule has 0 saturated carbocycles. The maximum atomic E-state index is 12.4. The Labute approximate surface area is 208 Å². The first-order valence-electron chi connectivity index (χ1n) is 10.5. The van der Waals surface area contributed by atoms with Gasteiger partial charge in [0.25, 0.3) is 11.6 Å². The van der Waals surface area contributed by atoms with E-state index in [1.54, 1.807) is 42.5 Å². The lowest BCUT2D eigenvalue weighted by molar-refractivity contribution is -0.384. The lowest BCUT2D eigenvalue weighted by Crippen LogP contribution is -2.17. The average Bonchev–Trinajstić information content (AvgIpc) is 3.32. The summed E-state index contributed by atoms with van der Waals surface area (Å²) in [5, 5.41) is 14.8. The fourth-order valence-corrected chi connectivity index (χ4v) is 3.78. The number of nitro benzene ring substituents is 1. The second-order valence-corrected chi connectivity index (χ2v) is 8.10. The molecule has 1 heterocycles. The number of carbonyl (C=O) groups is 1. The monoisotopic (exact) mass is 541 g/mol. The number of halogens is 1. The van der Waals surface area contributed by atoms with Crippen LogP contribution in [0, 0.1) is 10.1 Å². The summed E-state index contributed by atoms with van der Waals surface area (Å²) in [4.78, 5) is 22.8. The molecule has 0 bridgehead atoms. The highest BCUT2D eigenvalue weighted by atomic mass is 79.9. The molecule has 0 radical (unpaired) electrons. The standard InChI is InChI=1S/C24H20BrN3O7/c1-2-32-22-10-16(12-26-27-24(29)17-5-8-20-21(11-17)35-14-34-20)9-19(25)23(22)33-13-15-3-6-18(7-4-15)28(30)31/h3-12H,2,13-14H2,1H3,(H,27,29). The van der Waals surface area contributed by atoms with E-state index >= 15 is 0 Å². The van der Waals surface area contributed by atoms with Gasteiger partial charge in [-0.05, 0) is 76.4 Å². The van der Waals surface area contributed by atoms with Gasteiger partial charge in [0.1, 0.15) is 6.61 Å². The highest BCUT2D eigenvalue weighted by molar-refractivity contribution is 9.10. The van der Waals surface area contributed by atoms with Crippen LogP contribution in [-0.4, -0.2) is 30.4 Å². The fraction of sp³-hybridized carbons (Fsp3) is 0.167. The molecule has 0 aromatic heterocycles. The number of amides is 1. The summed E-state index contributed by atoms with van der Waals surface area (Å²) >= 11 is 3.49. The lowest BCUT2D eigenvalue weighted by atomic mass is 10.2. The highest BCUT2D eigenvalue weighted by Gasteiger charge is 2.16. The van der Waals surface area contributed by atoms with E-state index < -0.39 is 10.8 Å². The van der Waals surface area contributed by atoms with Crippen molar-refractivity contribution in [3.8, 4) is 23.0 Å². The molecule has 4 rings (SSSR count). The molecule has 1 N–H and O–H groups in total. The maximum absolute atomic E-state index is 12.4. The molecule has 3 aromatic rings. The van der Waals surface area contributed by atoms with Crippen LogP contribution >= 0.6 is 15.9 Å². The number of nitro groups is 1. The Bertz CT molecular complexity index is 1280. The number of hydrazone groups is 1. The topological polar surface area (TPSA) is 122 Å². The number of nitrogens with zero attached hydrogens (tertiary/aromatic N) is 2. The lowest BCUT2D eigenvalue weighted by Gasteiger charge is -2.14. The normalized spacial score (nSPS) is 11.9. The van der Waals surface area contributed by atoms with Gasteiger partial charge < -0.3 is 18.9 Å². The summed E-state index contributed by atoms with van der Waals surface area (Å²) in [5.74, 6) is 1.66. The van der Waals surface area contributed by atoms with Crippen molar-refractivity contribution in [2.75, 3.05) is 13.4 Å². The summed E-state index contributed by atoms with van der Waals surface area (Å²) < 4.78 is 22.8. The van der Waals surface area contributed by atoms with E-state index in [0.29, 0.717) is 45.2 Å². The molecule has 180 valence electrons. The molecule has 0 unspecified atom stereocenters. The average molecular weight is 542 g/mol. The third-order valence-electron chi connectivity index (χ3n) is 4.88. The van der Waals surface area contributed by atoms with Crippen molar-refractivity contribution >= 4 is 33.7 Å². The van der Waals surface area contributed by atoms with E-state index in [0.717, 1.165) is 5.56 Å². The van der Waals surface area contributed by atoms with Crippen LogP contribution in [0.25, 0.3) is 0 Å². The summed E-state index contributed by atoms with van der Waals surface area (Å²) in [7, 11) is 0. The van der Waals surface area contributed by atoms with Crippen LogP contribution in [0.1, 0.15) is 28.4 Å². The smallest absolute Gasteiger partial charge is 0.271 e. The van der Waals surface area contributed by atoms with Crippen molar-refractivity contribution in [1.29, 1.82) is 0 Å². The maximum Gasteiger partial charge on any atom is 0.271 e. The summed E-state index contributed by atoms with van der Waals surface area (Å²) in [6.45, 7) is 2.57. The molecule has 1 aliphatic rings. The first-order valence-corrected chi connectivity index (χ1v) is 11.3. The molecule has 0 spiro atoms. The molecule has 10 nitrogen and oxygen atoms in total. The number of rotatable bonds is 9. The Morgan fingerprint density at radius 3 is 2.66 bits per heavy atom. The van der Waals surface area contributed by atoms with Gasteiger partial charge in [0.05, 0.1) is 22.2 Å². The number of ether oxygens (including phenoxy) is 4. The van der Waals surface area contributed by atoms with Gasteiger partial charge in [-0.15, -0.1) is 0 Å². The van der Waals surface area contributed by atoms with Crippen LogP contribution in [0.4, 0.5) is 5.69 Å². The number of benzene rings is 3. The summed E-state index contributed by atoms with van der Waals surface area (Å²) in [6.07, 6.45) is 1.48. The molecule has 0 saturated heterocycles. The van der Waals surface area contributed by atoms with Crippen LogP contribution in [0.2, 0.25) is 0 Å². The molecular weight excluding hydrogens is 522 g/mol. The molecule has 0 aliphatic carbocycles. The van der Waals surface area contributed by atoms with Crippen LogP contribution < -0.4 is 24.4 Å². The van der Waals surface area contributed by atoms with Crippen molar-refractivity contribution in [3.05, 3.63) is 85.9 Å². The van der Waals surface area contributed by atoms with E-state index in [1.165, 1.54) is 18.3 Å². The Balaban J connectivity index is 1.43. The minimum Gasteiger partial charge on any atom is -0.490 e. The first kappa shape index (κ1) is 24.0. The first-order chi connectivity index (χ1) is 16.9. The minimum atomic E-state index is -0.452. The molecule has 1 aliphatic heterocycles. The van der Waals surface area contributed by atoms with Gasteiger partial charge in [-0.2, -0.15) is 5.10 Å². The quantitative estimate of drug-likeness (QED) is 0.234. The van der Waals surface area contributed by atoms with Crippen molar-refractivity contribution < 1.29 is 28.7 Å². The van der Waals surface area contributed by atoms with Crippen molar-refractivity contribution in [3.63, 3.8) is 0 Å². The SMILES string of the molecule is CCOc1cc(C=NNC(=O)c2ccc3c(c2)OCO3)cc(Br)c1OCc1ccc([N+](=O)[O-])cc1. The molecular formula is C24H20BrN3O7. The van der Waals surface area contributed by atoms with Crippen LogP contribution in [0.5, 0.6) is 23.0 Å². The molecule has 0 atom stereocenters. The van der Waals surface area contributed by atoms with E-state index in [1.807, 2.05) is 6.92 Å². The number of hydrogen-bond donors (Lipinski definition) is 1. The molecule has 1 amide bonds. The fourth-order valence-electron chi connectivity index (χ4n) is 3.20. The van der Waals surface area contributed by atoms with Crippen molar-refractivity contribution in [1.82, 2.24) is 5.43 Å². The molecule has 35 heavy (non-hydrogen) atoms. The summed E-state index contributed by atoms with van der Waals surface area (Å²) in [6, 6.07) is 14.5. The Kier molecular flexibility index (Phi) is 7.46. The third kappa shape index (κ3) is 5.87. The van der Waals surface area contributed by atoms with E-state index in [-0.39, 0.29) is 19.1 Å². The van der Waals surface area contributed by atoms with Crippen LogP contribution in [0.3, 0.4) is 0 Å². The number of hydrogen-bond acceptors (Lipinski definition) is 8. The second kappa shape index (κ2) is 10.9. The third-order valence-corrected chi connectivity index (χ3v) is 5.47. The van der Waals surface area contributed by atoms with Gasteiger partial charge in [-0.3, -0.25) is 14.9 Å². The number of carbonyl (C=O) groups excluding carboxylic acids is 1. The minimum absolute atomic E-state index is 0.0131. The van der Waals surface area contributed by atoms with Gasteiger partial charge in [-0.25, -0.2) is 5.43 Å². The number of fused-ring (bicyclic) bond motifs is 1. The van der Waals surface area contributed by atoms with E-state index in [4.69, 9.17) is 18.9 Å². The highest BCUT2D eigenvalue weighted by Crippen LogP contribution is 2.37. The predicted octanol–water partition coefficient (Wildman–Crippen LogP) is 4.83. The van der Waals surface area contributed by atoms with Crippen LogP contribution in [-0.2, 0) is 6.61 Å². The Hall–Kier alpha value is -4.12. The van der Waals surface area contributed by atoms with Crippen LogP contribution in [0.15, 0.2) is 64.2 Å². The summed E-state index contributed by atoms with van der Waals surface area (Å²) in [5.41, 5.74) is 4.31. The van der Waals surface area contributed by atoms with Gasteiger partial charge in [0.15, 0.2) is 23.0 Å².